The molecule has 1 aliphatic carbocycles. The zero-order chi connectivity index (χ0) is 17.2. The largest absolute Gasteiger partial charge is 0.482 e. The van der Waals surface area contributed by atoms with Gasteiger partial charge in [0.05, 0.1) is 17.5 Å². The molecule has 126 valence electrons. The van der Waals surface area contributed by atoms with Gasteiger partial charge in [0.2, 0.25) is 0 Å². The highest BCUT2D eigenvalue weighted by molar-refractivity contribution is 5.61. The Labute approximate surface area is 143 Å². The van der Waals surface area contributed by atoms with Gasteiger partial charge in [0, 0.05) is 6.20 Å². The van der Waals surface area contributed by atoms with Crippen LogP contribution in [0.5, 0.6) is 5.75 Å². The summed E-state index contributed by atoms with van der Waals surface area (Å²) in [5.74, 6) is -0.632. The highest BCUT2D eigenvalue weighted by atomic mass is 19.1. The lowest BCUT2D eigenvalue weighted by Gasteiger charge is -2.25. The maximum absolute atomic E-state index is 14.0. The van der Waals surface area contributed by atoms with Gasteiger partial charge < -0.3 is 4.74 Å². The van der Waals surface area contributed by atoms with Crippen molar-refractivity contribution in [1.29, 1.82) is 0 Å². The summed E-state index contributed by atoms with van der Waals surface area (Å²) in [5.41, 5.74) is 1.69. The maximum atomic E-state index is 14.0. The van der Waals surface area contributed by atoms with Crippen LogP contribution in [-0.2, 0) is 6.42 Å². The Bertz CT molecular complexity index is 882. The van der Waals surface area contributed by atoms with Crippen LogP contribution in [0.25, 0.3) is 11.3 Å². The highest BCUT2D eigenvalue weighted by Gasteiger charge is 2.25. The summed E-state index contributed by atoms with van der Waals surface area (Å²) in [6.07, 6.45) is 5.58. The fourth-order valence-electron chi connectivity index (χ4n) is 3.09. The molecule has 0 fully saturated rings. The van der Waals surface area contributed by atoms with E-state index in [1.807, 2.05) is 6.07 Å². The minimum Gasteiger partial charge on any atom is -0.482 e. The summed E-state index contributed by atoms with van der Waals surface area (Å²) in [7, 11) is 0. The van der Waals surface area contributed by atoms with E-state index in [1.54, 1.807) is 24.5 Å². The molecule has 1 unspecified atom stereocenters. The van der Waals surface area contributed by atoms with Crippen LogP contribution in [0.4, 0.5) is 8.78 Å². The molecule has 0 spiro atoms. The van der Waals surface area contributed by atoms with Gasteiger partial charge >= 0.3 is 0 Å². The summed E-state index contributed by atoms with van der Waals surface area (Å²) in [6, 6.07) is 9.11. The maximum Gasteiger partial charge on any atom is 0.143 e. The Hall–Kier alpha value is -2.89. The molecule has 4 nitrogen and oxygen atoms in total. The number of aromatic nitrogens is 3. The number of ether oxygens (including phenoxy) is 1. The fourth-order valence-corrected chi connectivity index (χ4v) is 3.09. The van der Waals surface area contributed by atoms with Crippen molar-refractivity contribution in [2.45, 2.75) is 25.4 Å². The molecule has 0 saturated carbocycles. The van der Waals surface area contributed by atoms with Crippen molar-refractivity contribution < 1.29 is 13.5 Å². The van der Waals surface area contributed by atoms with Crippen LogP contribution < -0.4 is 4.74 Å². The molecule has 2 aromatic heterocycles. The first kappa shape index (κ1) is 15.6. The third-order valence-corrected chi connectivity index (χ3v) is 4.25. The monoisotopic (exact) mass is 339 g/mol. The molecule has 0 amide bonds. The molecule has 0 aliphatic heterocycles. The second kappa shape index (κ2) is 6.55. The van der Waals surface area contributed by atoms with E-state index in [0.717, 1.165) is 30.5 Å². The van der Waals surface area contributed by atoms with Gasteiger partial charge in [-0.05, 0) is 55.2 Å². The van der Waals surface area contributed by atoms with Gasteiger partial charge in [0.15, 0.2) is 0 Å². The minimum atomic E-state index is -0.645. The normalized spacial score (nSPS) is 16.3. The number of aryl methyl sites for hydroxylation is 1. The van der Waals surface area contributed by atoms with Crippen LogP contribution in [0.15, 0.2) is 48.8 Å². The van der Waals surface area contributed by atoms with E-state index in [2.05, 4.69) is 15.2 Å². The standard InChI is InChI=1S/C19H15F2N3O/c20-14-6-2-7-15(21)18(14)16-10-12-4-1-8-17(19(12)24-23-16)25-13-5-3-9-22-11-13/h2-3,5-7,9-11,17H,1,4,8H2. The predicted octanol–water partition coefficient (Wildman–Crippen LogP) is 4.27. The second-order valence-electron chi connectivity index (χ2n) is 5.92. The van der Waals surface area contributed by atoms with Crippen molar-refractivity contribution in [3.8, 4) is 17.0 Å². The molecule has 3 aromatic rings. The number of pyridine rings is 1. The summed E-state index contributed by atoms with van der Waals surface area (Å²) in [4.78, 5) is 4.03. The third-order valence-electron chi connectivity index (χ3n) is 4.25. The Kier molecular flexibility index (Phi) is 4.09. The lowest BCUT2D eigenvalue weighted by Crippen LogP contribution is -2.18. The van der Waals surface area contributed by atoms with E-state index in [-0.39, 0.29) is 17.4 Å². The molecule has 0 radical (unpaired) electrons. The molecule has 1 atom stereocenters. The lowest BCUT2D eigenvalue weighted by atomic mass is 9.93. The fraction of sp³-hybridized carbons (Fsp3) is 0.211. The van der Waals surface area contributed by atoms with Crippen molar-refractivity contribution in [2.24, 2.45) is 0 Å². The van der Waals surface area contributed by atoms with Crippen molar-refractivity contribution in [1.82, 2.24) is 15.2 Å². The average molecular weight is 339 g/mol. The quantitative estimate of drug-likeness (QED) is 0.715. The summed E-state index contributed by atoms with van der Waals surface area (Å²) < 4.78 is 33.9. The molecular weight excluding hydrogens is 324 g/mol. The Morgan fingerprint density at radius 1 is 1.04 bits per heavy atom. The zero-order valence-corrected chi connectivity index (χ0v) is 13.3. The van der Waals surface area contributed by atoms with Crippen LogP contribution in [-0.4, -0.2) is 15.2 Å². The first-order valence-electron chi connectivity index (χ1n) is 8.10. The molecule has 6 heteroatoms. The Morgan fingerprint density at radius 3 is 2.64 bits per heavy atom. The molecule has 0 bridgehead atoms. The van der Waals surface area contributed by atoms with E-state index < -0.39 is 11.6 Å². The predicted molar refractivity (Wildman–Crippen MR) is 87.9 cm³/mol. The van der Waals surface area contributed by atoms with E-state index in [1.165, 1.54) is 18.2 Å². The van der Waals surface area contributed by atoms with E-state index in [4.69, 9.17) is 4.74 Å². The highest BCUT2D eigenvalue weighted by Crippen LogP contribution is 2.34. The molecule has 2 heterocycles. The van der Waals surface area contributed by atoms with Crippen molar-refractivity contribution in [2.75, 3.05) is 0 Å². The number of fused-ring (bicyclic) bond motifs is 1. The van der Waals surface area contributed by atoms with Gasteiger partial charge in [-0.25, -0.2) is 8.78 Å². The SMILES string of the molecule is Fc1cccc(F)c1-c1cc2c(nn1)C(Oc1cccnc1)CCC2. The number of nitrogens with zero attached hydrogens (tertiary/aromatic N) is 3. The molecule has 1 aliphatic rings. The van der Waals surface area contributed by atoms with Crippen molar-refractivity contribution in [3.05, 3.63) is 71.7 Å². The van der Waals surface area contributed by atoms with Crippen LogP contribution in [0.2, 0.25) is 0 Å². The molecule has 0 saturated heterocycles. The van der Waals surface area contributed by atoms with Gasteiger partial charge in [-0.15, -0.1) is 5.10 Å². The summed E-state index contributed by atoms with van der Waals surface area (Å²) >= 11 is 0. The topological polar surface area (TPSA) is 47.9 Å². The molecular formula is C19H15F2N3O. The Balaban J connectivity index is 1.69. The zero-order valence-electron chi connectivity index (χ0n) is 13.3. The number of halogens is 2. The summed E-state index contributed by atoms with van der Waals surface area (Å²) in [5, 5.41) is 8.28. The molecule has 1 aromatic carbocycles. The van der Waals surface area contributed by atoms with Crippen molar-refractivity contribution >= 4 is 0 Å². The van der Waals surface area contributed by atoms with Gasteiger partial charge in [0.25, 0.3) is 0 Å². The van der Waals surface area contributed by atoms with Crippen LogP contribution in [0, 0.1) is 11.6 Å². The van der Waals surface area contributed by atoms with Gasteiger partial charge in [-0.3, -0.25) is 4.98 Å². The van der Waals surface area contributed by atoms with E-state index in [9.17, 15) is 8.78 Å². The first-order valence-corrected chi connectivity index (χ1v) is 8.10. The first-order chi connectivity index (χ1) is 12.2. The average Bonchev–Trinajstić information content (AvgIpc) is 2.62. The second-order valence-corrected chi connectivity index (χ2v) is 5.92. The van der Waals surface area contributed by atoms with Crippen LogP contribution in [0.3, 0.4) is 0 Å². The van der Waals surface area contributed by atoms with Gasteiger partial charge in [-0.1, -0.05) is 6.07 Å². The lowest BCUT2D eigenvalue weighted by molar-refractivity contribution is 0.176. The molecule has 0 N–H and O–H groups in total. The summed E-state index contributed by atoms with van der Waals surface area (Å²) in [6.45, 7) is 0. The smallest absolute Gasteiger partial charge is 0.143 e. The van der Waals surface area contributed by atoms with Crippen LogP contribution >= 0.6 is 0 Å². The molecule has 25 heavy (non-hydrogen) atoms. The van der Waals surface area contributed by atoms with Crippen LogP contribution in [0.1, 0.15) is 30.2 Å². The number of benzene rings is 1. The van der Waals surface area contributed by atoms with E-state index in [0.29, 0.717) is 5.75 Å². The Morgan fingerprint density at radius 2 is 1.88 bits per heavy atom. The third kappa shape index (κ3) is 3.07. The van der Waals surface area contributed by atoms with Crippen molar-refractivity contribution in [3.63, 3.8) is 0 Å². The minimum absolute atomic E-state index is 0.145. The molecule has 4 rings (SSSR count). The van der Waals surface area contributed by atoms with Gasteiger partial charge in [-0.2, -0.15) is 5.10 Å². The number of hydrogen-bond donors (Lipinski definition) is 0. The van der Waals surface area contributed by atoms with Gasteiger partial charge in [0.1, 0.15) is 29.2 Å². The number of rotatable bonds is 3. The number of hydrogen-bond acceptors (Lipinski definition) is 4. The van der Waals surface area contributed by atoms with E-state index >= 15 is 0 Å².